The van der Waals surface area contributed by atoms with Crippen LogP contribution in [0.25, 0.3) is 0 Å². The minimum absolute atomic E-state index is 0.0225. The zero-order valence-electron chi connectivity index (χ0n) is 9.16. The Morgan fingerprint density at radius 1 is 1.44 bits per heavy atom. The molecule has 2 aromatic rings. The molecule has 0 amide bonds. The summed E-state index contributed by atoms with van der Waals surface area (Å²) in [7, 11) is 0. The van der Waals surface area contributed by atoms with E-state index in [0.717, 1.165) is 5.56 Å². The van der Waals surface area contributed by atoms with Crippen LogP contribution in [0.4, 0.5) is 4.39 Å². The summed E-state index contributed by atoms with van der Waals surface area (Å²) in [4.78, 5) is 4.06. The number of hydrogen-bond donors (Lipinski definition) is 1. The van der Waals surface area contributed by atoms with E-state index in [9.17, 15) is 4.39 Å². The second-order valence-electron chi connectivity index (χ2n) is 3.47. The summed E-state index contributed by atoms with van der Waals surface area (Å²) in [5.41, 5.74) is 6.31. The number of nitrogens with zero attached hydrogens (tertiary/aromatic N) is 1. The zero-order valence-corrected chi connectivity index (χ0v) is 11.5. The van der Waals surface area contributed by atoms with Crippen LogP contribution in [0.5, 0.6) is 11.6 Å². The lowest BCUT2D eigenvalue weighted by Gasteiger charge is -2.10. The van der Waals surface area contributed by atoms with Crippen LogP contribution in [0.3, 0.4) is 0 Å². The predicted molar refractivity (Wildman–Crippen MR) is 71.3 cm³/mol. The van der Waals surface area contributed by atoms with E-state index in [4.69, 9.17) is 22.1 Å². The average Bonchev–Trinajstić information content (AvgIpc) is 2.36. The van der Waals surface area contributed by atoms with E-state index < -0.39 is 5.82 Å². The first-order valence-electron chi connectivity index (χ1n) is 5.08. The second kappa shape index (κ2) is 5.65. The van der Waals surface area contributed by atoms with Crippen molar-refractivity contribution in [2.24, 2.45) is 5.73 Å². The first kappa shape index (κ1) is 13.3. The van der Waals surface area contributed by atoms with Crippen LogP contribution in [0.1, 0.15) is 5.56 Å². The van der Waals surface area contributed by atoms with Gasteiger partial charge >= 0.3 is 0 Å². The summed E-state index contributed by atoms with van der Waals surface area (Å²) in [6.07, 6.45) is 1.58. The molecule has 2 rings (SSSR count). The number of aromatic nitrogens is 1. The molecule has 1 heterocycles. The lowest BCUT2D eigenvalue weighted by atomic mass is 10.3. The van der Waals surface area contributed by atoms with Gasteiger partial charge in [0.2, 0.25) is 5.88 Å². The van der Waals surface area contributed by atoms with Crippen LogP contribution in [-0.4, -0.2) is 4.98 Å². The molecule has 0 saturated heterocycles. The Morgan fingerprint density at radius 3 is 2.94 bits per heavy atom. The van der Waals surface area contributed by atoms with Crippen molar-refractivity contribution in [3.8, 4) is 11.6 Å². The molecule has 0 aliphatic carbocycles. The molecule has 0 fully saturated rings. The third kappa shape index (κ3) is 2.80. The number of rotatable bonds is 3. The maximum atomic E-state index is 13.4. The zero-order chi connectivity index (χ0) is 13.1. The molecule has 3 nitrogen and oxygen atoms in total. The number of benzene rings is 1. The first-order valence-corrected chi connectivity index (χ1v) is 6.25. The van der Waals surface area contributed by atoms with Crippen LogP contribution in [0.15, 0.2) is 34.9 Å². The maximum Gasteiger partial charge on any atom is 0.223 e. The lowest BCUT2D eigenvalue weighted by molar-refractivity contribution is 0.449. The van der Waals surface area contributed by atoms with Gasteiger partial charge in [0.25, 0.3) is 0 Å². The number of pyridine rings is 1. The monoisotopic (exact) mass is 330 g/mol. The third-order valence-corrected chi connectivity index (χ3v) is 3.16. The van der Waals surface area contributed by atoms with Crippen molar-refractivity contribution in [1.82, 2.24) is 4.98 Å². The molecular weight excluding hydrogens is 322 g/mol. The molecular formula is C12H9BrClFN2O. The summed E-state index contributed by atoms with van der Waals surface area (Å²) in [5.74, 6) is 0.0906. The van der Waals surface area contributed by atoms with Gasteiger partial charge in [0, 0.05) is 24.4 Å². The molecule has 1 aromatic carbocycles. The highest BCUT2D eigenvalue weighted by Gasteiger charge is 2.11. The number of ether oxygens (including phenoxy) is 1. The fourth-order valence-electron chi connectivity index (χ4n) is 1.36. The van der Waals surface area contributed by atoms with E-state index in [1.165, 1.54) is 12.1 Å². The molecule has 18 heavy (non-hydrogen) atoms. The Bertz CT molecular complexity index is 580. The minimum Gasteiger partial charge on any atom is -0.437 e. The summed E-state index contributed by atoms with van der Waals surface area (Å²) in [5, 5.41) is 0.0225. The Labute approximate surface area is 117 Å². The van der Waals surface area contributed by atoms with E-state index >= 15 is 0 Å². The molecule has 0 bridgehead atoms. The molecule has 6 heteroatoms. The van der Waals surface area contributed by atoms with Crippen molar-refractivity contribution in [2.75, 3.05) is 0 Å². The van der Waals surface area contributed by atoms with Gasteiger partial charge < -0.3 is 10.5 Å². The largest absolute Gasteiger partial charge is 0.437 e. The van der Waals surface area contributed by atoms with Crippen LogP contribution < -0.4 is 10.5 Å². The van der Waals surface area contributed by atoms with E-state index in [0.29, 0.717) is 16.1 Å². The summed E-state index contributed by atoms with van der Waals surface area (Å²) in [6, 6.07) is 6.17. The third-order valence-electron chi connectivity index (χ3n) is 2.25. The van der Waals surface area contributed by atoms with Gasteiger partial charge in [-0.05, 0) is 28.1 Å². The minimum atomic E-state index is -0.555. The second-order valence-corrected chi connectivity index (χ2v) is 4.73. The molecule has 0 aliphatic heterocycles. The Morgan fingerprint density at radius 2 is 2.22 bits per heavy atom. The molecule has 0 aliphatic rings. The Hall–Kier alpha value is -1.17. The summed E-state index contributed by atoms with van der Waals surface area (Å²) < 4.78 is 19.4. The summed E-state index contributed by atoms with van der Waals surface area (Å²) in [6.45, 7) is 0.289. The van der Waals surface area contributed by atoms with Crippen molar-refractivity contribution >= 4 is 27.5 Å². The molecule has 0 atom stereocenters. The van der Waals surface area contributed by atoms with Gasteiger partial charge in [-0.1, -0.05) is 17.7 Å². The highest BCUT2D eigenvalue weighted by Crippen LogP contribution is 2.33. The molecule has 94 valence electrons. The maximum absolute atomic E-state index is 13.4. The highest BCUT2D eigenvalue weighted by molar-refractivity contribution is 9.10. The van der Waals surface area contributed by atoms with Gasteiger partial charge in [-0.2, -0.15) is 0 Å². The van der Waals surface area contributed by atoms with Crippen LogP contribution in [0, 0.1) is 5.82 Å². The van der Waals surface area contributed by atoms with Gasteiger partial charge in [-0.15, -0.1) is 0 Å². The van der Waals surface area contributed by atoms with Crippen molar-refractivity contribution in [3.63, 3.8) is 0 Å². The quantitative estimate of drug-likeness (QED) is 0.868. The van der Waals surface area contributed by atoms with E-state index in [1.807, 2.05) is 0 Å². The van der Waals surface area contributed by atoms with Crippen molar-refractivity contribution in [2.45, 2.75) is 6.54 Å². The number of hydrogen-bond acceptors (Lipinski definition) is 3. The van der Waals surface area contributed by atoms with E-state index in [2.05, 4.69) is 20.9 Å². The van der Waals surface area contributed by atoms with E-state index in [-0.39, 0.29) is 11.6 Å². The molecule has 0 saturated carbocycles. The topological polar surface area (TPSA) is 48.1 Å². The fraction of sp³-hybridized carbons (Fsp3) is 0.0833. The standard InChI is InChI=1S/C12H9BrClFN2O/c13-8-4-9(14)10(15)5-11(8)18-12-7(6-16)2-1-3-17-12/h1-5H,6,16H2. The Kier molecular flexibility index (Phi) is 4.16. The average molecular weight is 332 g/mol. The SMILES string of the molecule is NCc1cccnc1Oc1cc(F)c(Cl)cc1Br. The number of halogens is 3. The predicted octanol–water partition coefficient (Wildman–Crippen LogP) is 3.89. The van der Waals surface area contributed by atoms with E-state index in [1.54, 1.807) is 18.3 Å². The van der Waals surface area contributed by atoms with Crippen LogP contribution in [-0.2, 0) is 6.54 Å². The van der Waals surface area contributed by atoms with Crippen LogP contribution in [0.2, 0.25) is 5.02 Å². The lowest BCUT2D eigenvalue weighted by Crippen LogP contribution is -2.01. The fourth-order valence-corrected chi connectivity index (χ4v) is 2.08. The van der Waals surface area contributed by atoms with Gasteiger partial charge in [0.05, 0.1) is 9.50 Å². The van der Waals surface area contributed by atoms with Crippen molar-refractivity contribution in [3.05, 3.63) is 51.3 Å². The summed E-state index contributed by atoms with van der Waals surface area (Å²) >= 11 is 8.90. The van der Waals surface area contributed by atoms with Gasteiger partial charge in [-0.25, -0.2) is 9.37 Å². The molecule has 0 spiro atoms. The van der Waals surface area contributed by atoms with Gasteiger partial charge in [0.15, 0.2) is 0 Å². The van der Waals surface area contributed by atoms with Crippen LogP contribution >= 0.6 is 27.5 Å². The Balaban J connectivity index is 2.37. The first-order chi connectivity index (χ1) is 8.61. The van der Waals surface area contributed by atoms with Crippen molar-refractivity contribution < 1.29 is 9.13 Å². The normalized spacial score (nSPS) is 10.4. The molecule has 0 radical (unpaired) electrons. The van der Waals surface area contributed by atoms with Gasteiger partial charge in [0.1, 0.15) is 11.6 Å². The van der Waals surface area contributed by atoms with Crippen molar-refractivity contribution in [1.29, 1.82) is 0 Å². The molecule has 0 unspecified atom stereocenters. The highest BCUT2D eigenvalue weighted by atomic mass is 79.9. The van der Waals surface area contributed by atoms with Gasteiger partial charge in [-0.3, -0.25) is 0 Å². The molecule has 1 aromatic heterocycles. The number of nitrogens with two attached hydrogens (primary N) is 1. The molecule has 2 N–H and O–H groups in total. The smallest absolute Gasteiger partial charge is 0.223 e.